The normalized spacial score (nSPS) is 23.1. The summed E-state index contributed by atoms with van der Waals surface area (Å²) in [5.74, 6) is 0.0824. The van der Waals surface area contributed by atoms with Gasteiger partial charge in [0.1, 0.15) is 0 Å². The van der Waals surface area contributed by atoms with E-state index in [0.717, 1.165) is 19.6 Å². The lowest BCUT2D eigenvalue weighted by Gasteiger charge is -2.31. The summed E-state index contributed by atoms with van der Waals surface area (Å²) in [5.41, 5.74) is 0. The highest BCUT2D eigenvalue weighted by Crippen LogP contribution is 1.97. The molecule has 1 fully saturated rings. The molecular weight excluding hydrogens is 178 g/mol. The Kier molecular flexibility index (Phi) is 4.62. The standard InChI is InChI=1S/C10H19N3O/c1-3-4-12-10(14)8-13-6-5-11-9(2)7-13/h3,9,11H,1,4-8H2,2H3,(H,12,14)/t9-/m1/s1. The molecule has 1 aliphatic rings. The van der Waals surface area contributed by atoms with Gasteiger partial charge in [-0.15, -0.1) is 6.58 Å². The summed E-state index contributed by atoms with van der Waals surface area (Å²) < 4.78 is 0. The summed E-state index contributed by atoms with van der Waals surface area (Å²) in [5, 5.41) is 6.11. The van der Waals surface area contributed by atoms with Crippen LogP contribution in [-0.2, 0) is 4.79 Å². The van der Waals surface area contributed by atoms with E-state index in [1.807, 2.05) is 0 Å². The van der Waals surface area contributed by atoms with Gasteiger partial charge in [-0.05, 0) is 6.92 Å². The smallest absolute Gasteiger partial charge is 0.234 e. The van der Waals surface area contributed by atoms with E-state index >= 15 is 0 Å². The van der Waals surface area contributed by atoms with Crippen LogP contribution in [0.5, 0.6) is 0 Å². The van der Waals surface area contributed by atoms with Crippen molar-refractivity contribution in [3.05, 3.63) is 12.7 Å². The van der Waals surface area contributed by atoms with Crippen molar-refractivity contribution in [2.24, 2.45) is 0 Å². The van der Waals surface area contributed by atoms with Crippen LogP contribution in [0.25, 0.3) is 0 Å². The van der Waals surface area contributed by atoms with Crippen LogP contribution in [0, 0.1) is 0 Å². The molecule has 0 bridgehead atoms. The fourth-order valence-electron chi connectivity index (χ4n) is 1.60. The predicted octanol–water partition coefficient (Wildman–Crippen LogP) is -0.418. The maximum Gasteiger partial charge on any atom is 0.234 e. The quantitative estimate of drug-likeness (QED) is 0.602. The summed E-state index contributed by atoms with van der Waals surface area (Å²) in [4.78, 5) is 13.5. The van der Waals surface area contributed by atoms with Crippen LogP contribution in [-0.4, -0.2) is 49.6 Å². The lowest BCUT2D eigenvalue weighted by Crippen LogP contribution is -2.51. The Hall–Kier alpha value is -0.870. The van der Waals surface area contributed by atoms with Gasteiger partial charge >= 0.3 is 0 Å². The second kappa shape index (κ2) is 5.78. The van der Waals surface area contributed by atoms with Crippen molar-refractivity contribution < 1.29 is 4.79 Å². The average molecular weight is 197 g/mol. The molecule has 0 aromatic rings. The maximum atomic E-state index is 11.4. The van der Waals surface area contributed by atoms with E-state index in [1.165, 1.54) is 0 Å². The molecule has 0 saturated carbocycles. The van der Waals surface area contributed by atoms with Gasteiger partial charge in [0.05, 0.1) is 6.54 Å². The topological polar surface area (TPSA) is 44.4 Å². The van der Waals surface area contributed by atoms with Crippen LogP contribution in [0.3, 0.4) is 0 Å². The molecule has 80 valence electrons. The van der Waals surface area contributed by atoms with Crippen molar-refractivity contribution in [3.63, 3.8) is 0 Å². The molecule has 0 aromatic heterocycles. The number of hydrogen-bond acceptors (Lipinski definition) is 3. The van der Waals surface area contributed by atoms with E-state index in [-0.39, 0.29) is 5.91 Å². The first-order valence-electron chi connectivity index (χ1n) is 5.05. The molecule has 1 amide bonds. The molecule has 0 unspecified atom stereocenters. The van der Waals surface area contributed by atoms with Crippen LogP contribution < -0.4 is 10.6 Å². The third-order valence-corrected chi connectivity index (χ3v) is 2.26. The van der Waals surface area contributed by atoms with Crippen molar-refractivity contribution in [1.29, 1.82) is 0 Å². The van der Waals surface area contributed by atoms with Gasteiger partial charge in [0.25, 0.3) is 0 Å². The Labute approximate surface area is 85.3 Å². The number of amides is 1. The van der Waals surface area contributed by atoms with Gasteiger partial charge in [-0.3, -0.25) is 9.69 Å². The van der Waals surface area contributed by atoms with E-state index in [0.29, 0.717) is 19.1 Å². The van der Waals surface area contributed by atoms with Crippen molar-refractivity contribution in [2.75, 3.05) is 32.7 Å². The molecule has 0 aromatic carbocycles. The van der Waals surface area contributed by atoms with E-state index < -0.39 is 0 Å². The zero-order chi connectivity index (χ0) is 10.4. The molecular formula is C10H19N3O. The van der Waals surface area contributed by atoms with Crippen LogP contribution in [0.1, 0.15) is 6.92 Å². The third kappa shape index (κ3) is 3.89. The number of nitrogens with one attached hydrogen (secondary N) is 2. The Morgan fingerprint density at radius 1 is 1.79 bits per heavy atom. The van der Waals surface area contributed by atoms with Gasteiger partial charge in [-0.25, -0.2) is 0 Å². The lowest BCUT2D eigenvalue weighted by molar-refractivity contribution is -0.122. The molecule has 1 aliphatic heterocycles. The number of carbonyl (C=O) groups is 1. The molecule has 0 radical (unpaired) electrons. The summed E-state index contributed by atoms with van der Waals surface area (Å²) in [6.07, 6.45) is 1.69. The molecule has 0 spiro atoms. The molecule has 14 heavy (non-hydrogen) atoms. The predicted molar refractivity (Wildman–Crippen MR) is 57.1 cm³/mol. The zero-order valence-corrected chi connectivity index (χ0v) is 8.75. The van der Waals surface area contributed by atoms with E-state index in [4.69, 9.17) is 0 Å². The number of carbonyl (C=O) groups excluding carboxylic acids is 1. The first-order chi connectivity index (χ1) is 6.72. The van der Waals surface area contributed by atoms with E-state index in [9.17, 15) is 4.79 Å². The van der Waals surface area contributed by atoms with Gasteiger partial charge in [-0.1, -0.05) is 6.08 Å². The molecule has 0 aliphatic carbocycles. The monoisotopic (exact) mass is 197 g/mol. The highest BCUT2D eigenvalue weighted by Gasteiger charge is 2.17. The van der Waals surface area contributed by atoms with Crippen LogP contribution >= 0.6 is 0 Å². The lowest BCUT2D eigenvalue weighted by atomic mass is 10.2. The number of nitrogens with zero attached hydrogens (tertiary/aromatic N) is 1. The van der Waals surface area contributed by atoms with Crippen LogP contribution in [0.15, 0.2) is 12.7 Å². The van der Waals surface area contributed by atoms with Crippen molar-refractivity contribution in [2.45, 2.75) is 13.0 Å². The highest BCUT2D eigenvalue weighted by molar-refractivity contribution is 5.78. The second-order valence-corrected chi connectivity index (χ2v) is 3.68. The molecule has 1 atom stereocenters. The summed E-state index contributed by atoms with van der Waals surface area (Å²) >= 11 is 0. The van der Waals surface area contributed by atoms with Crippen molar-refractivity contribution in [1.82, 2.24) is 15.5 Å². The number of rotatable bonds is 4. The molecule has 4 heteroatoms. The fourth-order valence-corrected chi connectivity index (χ4v) is 1.60. The van der Waals surface area contributed by atoms with Gasteiger partial charge in [0.2, 0.25) is 5.91 Å². The Balaban J connectivity index is 2.21. The molecule has 1 saturated heterocycles. The average Bonchev–Trinajstić information content (AvgIpc) is 2.15. The SMILES string of the molecule is C=CCNC(=O)CN1CCN[C@H](C)C1. The summed E-state index contributed by atoms with van der Waals surface area (Å²) in [7, 11) is 0. The van der Waals surface area contributed by atoms with Crippen molar-refractivity contribution in [3.8, 4) is 0 Å². The highest BCUT2D eigenvalue weighted by atomic mass is 16.2. The first-order valence-corrected chi connectivity index (χ1v) is 5.05. The summed E-state index contributed by atoms with van der Waals surface area (Å²) in [6, 6.07) is 0.482. The van der Waals surface area contributed by atoms with Gasteiger partial charge < -0.3 is 10.6 Å². The fraction of sp³-hybridized carbons (Fsp3) is 0.700. The maximum absolute atomic E-state index is 11.4. The Bertz CT molecular complexity index is 206. The number of piperazine rings is 1. The molecule has 4 nitrogen and oxygen atoms in total. The Morgan fingerprint density at radius 2 is 2.57 bits per heavy atom. The van der Waals surface area contributed by atoms with Crippen LogP contribution in [0.4, 0.5) is 0 Å². The van der Waals surface area contributed by atoms with Gasteiger partial charge in [-0.2, -0.15) is 0 Å². The van der Waals surface area contributed by atoms with Gasteiger partial charge in [0, 0.05) is 32.2 Å². The minimum atomic E-state index is 0.0824. The van der Waals surface area contributed by atoms with E-state index in [1.54, 1.807) is 6.08 Å². The molecule has 1 rings (SSSR count). The third-order valence-electron chi connectivity index (χ3n) is 2.26. The second-order valence-electron chi connectivity index (χ2n) is 3.68. The van der Waals surface area contributed by atoms with Crippen molar-refractivity contribution >= 4 is 5.91 Å². The van der Waals surface area contributed by atoms with Crippen LogP contribution in [0.2, 0.25) is 0 Å². The Morgan fingerprint density at radius 3 is 3.21 bits per heavy atom. The minimum absolute atomic E-state index is 0.0824. The van der Waals surface area contributed by atoms with Gasteiger partial charge in [0.15, 0.2) is 0 Å². The zero-order valence-electron chi connectivity index (χ0n) is 8.75. The largest absolute Gasteiger partial charge is 0.352 e. The summed E-state index contributed by atoms with van der Waals surface area (Å²) in [6.45, 7) is 9.61. The van der Waals surface area contributed by atoms with E-state index in [2.05, 4.69) is 29.0 Å². The number of hydrogen-bond donors (Lipinski definition) is 2. The molecule has 2 N–H and O–H groups in total. The molecule has 1 heterocycles. The first kappa shape index (κ1) is 11.2. The minimum Gasteiger partial charge on any atom is -0.352 e.